The molecular formula is C8H10N2O3S. The van der Waals surface area contributed by atoms with Gasteiger partial charge in [0.25, 0.3) is 5.17 Å². The minimum absolute atomic E-state index is 0.167. The third-order valence-electron chi connectivity index (χ3n) is 1.53. The zero-order valence-corrected chi connectivity index (χ0v) is 8.65. The molecule has 0 fully saturated rings. The second-order valence-electron chi connectivity index (χ2n) is 2.52. The Labute approximate surface area is 86.6 Å². The molecule has 0 saturated heterocycles. The second-order valence-corrected chi connectivity index (χ2v) is 2.87. The van der Waals surface area contributed by atoms with Crippen LogP contribution in [-0.2, 0) is 14.3 Å². The number of rotatable bonds is 2. The molecule has 0 N–H and O–H groups in total. The first kappa shape index (κ1) is 10.6. The first-order chi connectivity index (χ1) is 6.65. The summed E-state index contributed by atoms with van der Waals surface area (Å²) in [6, 6.07) is 0. The van der Waals surface area contributed by atoms with Gasteiger partial charge in [-0.1, -0.05) is 0 Å². The standard InChI is InChI=1S/C8H10N2O3S/c1-6(7(11)12-2)13-8(14)10-4-3-9-5-10/h3-6H,1-2H3. The van der Waals surface area contributed by atoms with Crippen LogP contribution in [0.25, 0.3) is 0 Å². The van der Waals surface area contributed by atoms with Gasteiger partial charge in [-0.05, 0) is 19.1 Å². The third kappa shape index (κ3) is 2.53. The number of hydrogen-bond acceptors (Lipinski definition) is 5. The van der Waals surface area contributed by atoms with Crippen LogP contribution in [0.15, 0.2) is 18.7 Å². The van der Waals surface area contributed by atoms with Crippen molar-refractivity contribution in [2.24, 2.45) is 0 Å². The summed E-state index contributed by atoms with van der Waals surface area (Å²) in [6.07, 6.45) is 3.98. The van der Waals surface area contributed by atoms with Gasteiger partial charge in [0.15, 0.2) is 6.10 Å². The Kier molecular flexibility index (Phi) is 3.58. The number of carbonyl (C=O) groups excluding carboxylic acids is 1. The molecule has 0 saturated carbocycles. The molecule has 76 valence electrons. The fourth-order valence-electron chi connectivity index (χ4n) is 0.793. The molecule has 1 rings (SSSR count). The molecule has 6 heteroatoms. The van der Waals surface area contributed by atoms with Crippen LogP contribution < -0.4 is 0 Å². The zero-order chi connectivity index (χ0) is 10.6. The fourth-order valence-corrected chi connectivity index (χ4v) is 1.05. The van der Waals surface area contributed by atoms with E-state index in [1.807, 2.05) is 0 Å². The maximum atomic E-state index is 11.0. The van der Waals surface area contributed by atoms with E-state index in [4.69, 9.17) is 17.0 Å². The Hall–Kier alpha value is -1.43. The van der Waals surface area contributed by atoms with E-state index in [0.29, 0.717) is 0 Å². The van der Waals surface area contributed by atoms with Crippen molar-refractivity contribution in [1.29, 1.82) is 0 Å². The number of nitrogens with zero attached hydrogens (tertiary/aromatic N) is 2. The van der Waals surface area contributed by atoms with Crippen molar-refractivity contribution in [3.05, 3.63) is 18.7 Å². The maximum absolute atomic E-state index is 11.0. The van der Waals surface area contributed by atoms with Crippen molar-refractivity contribution in [2.75, 3.05) is 7.11 Å². The highest BCUT2D eigenvalue weighted by Crippen LogP contribution is 1.98. The van der Waals surface area contributed by atoms with Crippen LogP contribution in [0.3, 0.4) is 0 Å². The van der Waals surface area contributed by atoms with Crippen molar-refractivity contribution >= 4 is 23.4 Å². The smallest absolute Gasteiger partial charge is 0.346 e. The van der Waals surface area contributed by atoms with Gasteiger partial charge in [0.1, 0.15) is 6.33 Å². The number of methoxy groups -OCH3 is 1. The zero-order valence-electron chi connectivity index (χ0n) is 7.84. The summed E-state index contributed by atoms with van der Waals surface area (Å²) in [5.74, 6) is -0.465. The Balaban J connectivity index is 2.53. The normalized spacial score (nSPS) is 11.9. The summed E-state index contributed by atoms with van der Waals surface area (Å²) in [4.78, 5) is 14.8. The first-order valence-electron chi connectivity index (χ1n) is 3.92. The minimum Gasteiger partial charge on any atom is -0.466 e. The molecule has 0 aliphatic heterocycles. The van der Waals surface area contributed by atoms with Crippen LogP contribution in [-0.4, -0.2) is 33.9 Å². The molecular weight excluding hydrogens is 204 g/mol. The predicted molar refractivity (Wildman–Crippen MR) is 52.8 cm³/mol. The van der Waals surface area contributed by atoms with Crippen LogP contribution >= 0.6 is 12.2 Å². The monoisotopic (exact) mass is 214 g/mol. The van der Waals surface area contributed by atoms with Gasteiger partial charge >= 0.3 is 5.97 Å². The number of ether oxygens (including phenoxy) is 2. The number of thiocarbonyl (C=S) groups is 1. The highest BCUT2D eigenvalue weighted by molar-refractivity contribution is 7.80. The molecule has 0 amide bonds. The SMILES string of the molecule is COC(=O)C(C)OC(=S)n1ccnc1. The van der Waals surface area contributed by atoms with Gasteiger partial charge in [-0.15, -0.1) is 0 Å². The molecule has 0 aliphatic rings. The van der Waals surface area contributed by atoms with Crippen LogP contribution in [0.4, 0.5) is 0 Å². The van der Waals surface area contributed by atoms with Crippen LogP contribution in [0, 0.1) is 0 Å². The van der Waals surface area contributed by atoms with Gasteiger partial charge in [0.2, 0.25) is 0 Å². The highest BCUT2D eigenvalue weighted by Gasteiger charge is 2.16. The van der Waals surface area contributed by atoms with Gasteiger partial charge in [0.05, 0.1) is 7.11 Å². The van der Waals surface area contributed by atoms with Crippen molar-refractivity contribution in [3.8, 4) is 0 Å². The summed E-state index contributed by atoms with van der Waals surface area (Å²) >= 11 is 4.91. The number of imidazole rings is 1. The van der Waals surface area contributed by atoms with E-state index in [-0.39, 0.29) is 5.17 Å². The summed E-state index contributed by atoms with van der Waals surface area (Å²) in [5.41, 5.74) is 0. The van der Waals surface area contributed by atoms with Crippen molar-refractivity contribution in [2.45, 2.75) is 13.0 Å². The molecule has 5 nitrogen and oxygen atoms in total. The van der Waals surface area contributed by atoms with E-state index in [1.54, 1.807) is 19.3 Å². The lowest BCUT2D eigenvalue weighted by molar-refractivity contribution is -0.148. The average Bonchev–Trinajstić information content (AvgIpc) is 2.69. The Morgan fingerprint density at radius 1 is 1.64 bits per heavy atom. The van der Waals surface area contributed by atoms with Crippen LogP contribution in [0.1, 0.15) is 6.92 Å². The van der Waals surface area contributed by atoms with Gasteiger partial charge in [-0.25, -0.2) is 9.78 Å². The molecule has 1 unspecified atom stereocenters. The molecule has 0 radical (unpaired) electrons. The molecule has 0 bridgehead atoms. The van der Waals surface area contributed by atoms with Crippen LogP contribution in [0.5, 0.6) is 0 Å². The van der Waals surface area contributed by atoms with Crippen molar-refractivity contribution in [3.63, 3.8) is 0 Å². The Morgan fingerprint density at radius 3 is 2.86 bits per heavy atom. The topological polar surface area (TPSA) is 53.4 Å². The van der Waals surface area contributed by atoms with E-state index in [0.717, 1.165) is 0 Å². The summed E-state index contributed by atoms with van der Waals surface area (Å²) in [6.45, 7) is 1.56. The average molecular weight is 214 g/mol. The largest absolute Gasteiger partial charge is 0.466 e. The predicted octanol–water partition coefficient (Wildman–Crippen LogP) is 0.594. The highest BCUT2D eigenvalue weighted by atomic mass is 32.1. The molecule has 1 heterocycles. The number of hydrogen-bond donors (Lipinski definition) is 0. The lowest BCUT2D eigenvalue weighted by atomic mass is 10.4. The van der Waals surface area contributed by atoms with Gasteiger partial charge in [0, 0.05) is 12.4 Å². The van der Waals surface area contributed by atoms with Crippen molar-refractivity contribution in [1.82, 2.24) is 9.55 Å². The summed E-state index contributed by atoms with van der Waals surface area (Å²) in [7, 11) is 1.29. The molecule has 0 aliphatic carbocycles. The fraction of sp³-hybridized carbons (Fsp3) is 0.375. The number of carbonyl (C=O) groups is 1. The molecule has 1 atom stereocenters. The molecule has 14 heavy (non-hydrogen) atoms. The van der Waals surface area contributed by atoms with E-state index in [2.05, 4.69) is 9.72 Å². The maximum Gasteiger partial charge on any atom is 0.346 e. The minimum atomic E-state index is -0.713. The summed E-state index contributed by atoms with van der Waals surface area (Å²) < 4.78 is 11.1. The number of esters is 1. The van der Waals surface area contributed by atoms with Crippen LogP contribution in [0.2, 0.25) is 0 Å². The van der Waals surface area contributed by atoms with Crippen molar-refractivity contribution < 1.29 is 14.3 Å². The second kappa shape index (κ2) is 4.71. The quantitative estimate of drug-likeness (QED) is 0.533. The molecule has 1 aromatic rings. The Morgan fingerprint density at radius 2 is 2.36 bits per heavy atom. The lowest BCUT2D eigenvalue weighted by Gasteiger charge is -2.12. The van der Waals surface area contributed by atoms with E-state index >= 15 is 0 Å². The van der Waals surface area contributed by atoms with E-state index in [9.17, 15) is 4.79 Å². The molecule has 0 spiro atoms. The van der Waals surface area contributed by atoms with Gasteiger partial charge in [-0.2, -0.15) is 0 Å². The molecule has 1 aromatic heterocycles. The lowest BCUT2D eigenvalue weighted by Crippen LogP contribution is -2.27. The molecule has 0 aromatic carbocycles. The number of aromatic nitrogens is 2. The Bertz CT molecular complexity index is 323. The third-order valence-corrected chi connectivity index (χ3v) is 1.83. The van der Waals surface area contributed by atoms with Gasteiger partial charge < -0.3 is 9.47 Å². The van der Waals surface area contributed by atoms with Gasteiger partial charge in [-0.3, -0.25) is 4.57 Å². The summed E-state index contributed by atoms with van der Waals surface area (Å²) in [5, 5.41) is 0.167. The first-order valence-corrected chi connectivity index (χ1v) is 4.32. The van der Waals surface area contributed by atoms with E-state index in [1.165, 1.54) is 18.0 Å². The van der Waals surface area contributed by atoms with E-state index < -0.39 is 12.1 Å².